The van der Waals surface area contributed by atoms with Crippen molar-refractivity contribution in [2.24, 2.45) is 0 Å². The summed E-state index contributed by atoms with van der Waals surface area (Å²) < 4.78 is 0. The van der Waals surface area contributed by atoms with Gasteiger partial charge in [0.05, 0.1) is 6.67 Å². The zero-order valence-corrected chi connectivity index (χ0v) is 7.58. The maximum Gasteiger partial charge on any atom is 0.0509 e. The van der Waals surface area contributed by atoms with Crippen LogP contribution in [-0.2, 0) is 0 Å². The van der Waals surface area contributed by atoms with Crippen LogP contribution in [0.4, 0.5) is 0 Å². The van der Waals surface area contributed by atoms with Crippen molar-refractivity contribution in [1.82, 2.24) is 9.80 Å². The van der Waals surface area contributed by atoms with E-state index in [-0.39, 0.29) is 0 Å². The second kappa shape index (κ2) is 2.76. The molecule has 64 valence electrons. The van der Waals surface area contributed by atoms with Gasteiger partial charge in [0.25, 0.3) is 0 Å². The molecule has 0 unspecified atom stereocenters. The van der Waals surface area contributed by atoms with Crippen molar-refractivity contribution in [2.45, 2.75) is 38.3 Å². The molecule has 0 aromatic carbocycles. The van der Waals surface area contributed by atoms with E-state index in [0.717, 1.165) is 12.1 Å². The highest BCUT2D eigenvalue weighted by atomic mass is 15.4. The number of rotatable bonds is 0. The Balaban J connectivity index is 2.05. The van der Waals surface area contributed by atoms with E-state index < -0.39 is 0 Å². The average Bonchev–Trinajstić information content (AvgIpc) is 2.30. The largest absolute Gasteiger partial charge is 0.289 e. The standard InChI is InChI=1S/C9H18N2/c1-8-9-5-3-4-6-11(9)7-10(8)2/h8-9H,3-7H2,1-2H3/t8-,9+/m0/s1. The number of nitrogens with zero attached hydrogens (tertiary/aromatic N) is 2. The SMILES string of the molecule is C[C@H]1[C@H]2CCCCN2CN1C. The molecule has 0 radical (unpaired) electrons. The fourth-order valence-electron chi connectivity index (χ4n) is 2.45. The van der Waals surface area contributed by atoms with E-state index in [0.29, 0.717) is 0 Å². The summed E-state index contributed by atoms with van der Waals surface area (Å²) in [5, 5.41) is 0. The summed E-state index contributed by atoms with van der Waals surface area (Å²) in [5.41, 5.74) is 0. The Bertz CT molecular complexity index is 146. The van der Waals surface area contributed by atoms with Gasteiger partial charge in [-0.05, 0) is 33.4 Å². The van der Waals surface area contributed by atoms with Crippen molar-refractivity contribution in [1.29, 1.82) is 0 Å². The first-order valence-electron chi connectivity index (χ1n) is 4.73. The minimum Gasteiger partial charge on any atom is -0.289 e. The van der Waals surface area contributed by atoms with Crippen LogP contribution in [-0.4, -0.2) is 42.1 Å². The van der Waals surface area contributed by atoms with Crippen LogP contribution in [0.2, 0.25) is 0 Å². The highest BCUT2D eigenvalue weighted by molar-refractivity contribution is 4.90. The third-order valence-electron chi connectivity index (χ3n) is 3.32. The summed E-state index contributed by atoms with van der Waals surface area (Å²) in [6.07, 6.45) is 4.28. The lowest BCUT2D eigenvalue weighted by Gasteiger charge is -2.29. The Morgan fingerprint density at radius 1 is 1.27 bits per heavy atom. The molecule has 2 rings (SSSR count). The maximum absolute atomic E-state index is 2.63. The Kier molecular flexibility index (Phi) is 1.90. The lowest BCUT2D eigenvalue weighted by Crippen LogP contribution is -2.38. The van der Waals surface area contributed by atoms with Gasteiger partial charge < -0.3 is 0 Å². The van der Waals surface area contributed by atoms with E-state index in [1.54, 1.807) is 0 Å². The number of fused-ring (bicyclic) bond motifs is 1. The molecule has 0 saturated carbocycles. The normalized spacial score (nSPS) is 40.9. The summed E-state index contributed by atoms with van der Waals surface area (Å²) in [6.45, 7) is 4.89. The van der Waals surface area contributed by atoms with Crippen LogP contribution in [0.15, 0.2) is 0 Å². The van der Waals surface area contributed by atoms with Crippen LogP contribution >= 0.6 is 0 Å². The summed E-state index contributed by atoms with van der Waals surface area (Å²) >= 11 is 0. The van der Waals surface area contributed by atoms with Gasteiger partial charge in [-0.25, -0.2) is 0 Å². The van der Waals surface area contributed by atoms with E-state index in [2.05, 4.69) is 23.8 Å². The molecule has 2 heterocycles. The molecule has 11 heavy (non-hydrogen) atoms. The minimum absolute atomic E-state index is 0.787. The summed E-state index contributed by atoms with van der Waals surface area (Å²) in [4.78, 5) is 5.10. The first kappa shape index (κ1) is 7.56. The van der Waals surface area contributed by atoms with Crippen molar-refractivity contribution < 1.29 is 0 Å². The van der Waals surface area contributed by atoms with Crippen LogP contribution < -0.4 is 0 Å². The Hall–Kier alpha value is -0.0800. The molecule has 0 aliphatic carbocycles. The number of hydrogen-bond donors (Lipinski definition) is 0. The molecule has 2 aliphatic heterocycles. The summed E-state index contributed by atoms with van der Waals surface area (Å²) in [5.74, 6) is 0. The van der Waals surface area contributed by atoms with Crippen LogP contribution in [0.1, 0.15) is 26.2 Å². The minimum atomic E-state index is 0.787. The molecule has 0 N–H and O–H groups in total. The zero-order chi connectivity index (χ0) is 7.84. The lowest BCUT2D eigenvalue weighted by atomic mass is 9.99. The van der Waals surface area contributed by atoms with Gasteiger partial charge >= 0.3 is 0 Å². The molecule has 0 spiro atoms. The van der Waals surface area contributed by atoms with Gasteiger partial charge in [0, 0.05) is 12.1 Å². The van der Waals surface area contributed by atoms with Crippen LogP contribution in [0.5, 0.6) is 0 Å². The van der Waals surface area contributed by atoms with Crippen molar-refractivity contribution in [3.8, 4) is 0 Å². The van der Waals surface area contributed by atoms with E-state index in [4.69, 9.17) is 0 Å². The molecular formula is C9H18N2. The van der Waals surface area contributed by atoms with Crippen LogP contribution in [0.25, 0.3) is 0 Å². The molecule has 2 heteroatoms. The monoisotopic (exact) mass is 154 g/mol. The van der Waals surface area contributed by atoms with Crippen molar-refractivity contribution >= 4 is 0 Å². The topological polar surface area (TPSA) is 6.48 Å². The second-order valence-corrected chi connectivity index (χ2v) is 4.01. The zero-order valence-electron chi connectivity index (χ0n) is 7.58. The molecule has 2 nitrogen and oxygen atoms in total. The molecular weight excluding hydrogens is 136 g/mol. The van der Waals surface area contributed by atoms with E-state index in [1.807, 2.05) is 0 Å². The first-order valence-corrected chi connectivity index (χ1v) is 4.73. The van der Waals surface area contributed by atoms with E-state index >= 15 is 0 Å². The predicted molar refractivity (Wildman–Crippen MR) is 46.4 cm³/mol. The van der Waals surface area contributed by atoms with Crippen molar-refractivity contribution in [3.05, 3.63) is 0 Å². The van der Waals surface area contributed by atoms with Crippen LogP contribution in [0.3, 0.4) is 0 Å². The summed E-state index contributed by atoms with van der Waals surface area (Å²) in [6, 6.07) is 1.66. The second-order valence-electron chi connectivity index (χ2n) is 4.01. The number of likely N-dealkylation sites (N-methyl/N-ethyl adjacent to an activating group) is 1. The molecule has 0 bridgehead atoms. The van der Waals surface area contributed by atoms with Gasteiger partial charge in [-0.1, -0.05) is 6.42 Å². The highest BCUT2D eigenvalue weighted by Gasteiger charge is 2.35. The van der Waals surface area contributed by atoms with Gasteiger partial charge in [-0.2, -0.15) is 0 Å². The quantitative estimate of drug-likeness (QED) is 0.516. The predicted octanol–water partition coefficient (Wildman–Crippen LogP) is 1.13. The summed E-state index contributed by atoms with van der Waals surface area (Å²) in [7, 11) is 2.24. The molecule has 0 aromatic rings. The van der Waals surface area contributed by atoms with Gasteiger partial charge in [0.15, 0.2) is 0 Å². The molecule has 0 amide bonds. The van der Waals surface area contributed by atoms with Crippen LogP contribution in [0, 0.1) is 0 Å². The molecule has 2 aliphatic rings. The van der Waals surface area contributed by atoms with Crippen molar-refractivity contribution in [3.63, 3.8) is 0 Å². The molecule has 2 saturated heterocycles. The number of piperidine rings is 1. The van der Waals surface area contributed by atoms with Crippen molar-refractivity contribution in [2.75, 3.05) is 20.3 Å². The lowest BCUT2D eigenvalue weighted by molar-refractivity contribution is 0.187. The van der Waals surface area contributed by atoms with E-state index in [9.17, 15) is 0 Å². The fourth-order valence-corrected chi connectivity index (χ4v) is 2.45. The highest BCUT2D eigenvalue weighted by Crippen LogP contribution is 2.27. The smallest absolute Gasteiger partial charge is 0.0509 e. The maximum atomic E-state index is 2.63. The fraction of sp³-hybridized carbons (Fsp3) is 1.00. The molecule has 0 aromatic heterocycles. The Labute approximate surface area is 69.2 Å². The van der Waals surface area contributed by atoms with E-state index in [1.165, 1.54) is 32.5 Å². The van der Waals surface area contributed by atoms with Gasteiger partial charge in [-0.3, -0.25) is 9.80 Å². The third kappa shape index (κ3) is 1.18. The molecule has 2 fully saturated rings. The Morgan fingerprint density at radius 3 is 2.82 bits per heavy atom. The van der Waals surface area contributed by atoms with Gasteiger partial charge in [-0.15, -0.1) is 0 Å². The number of hydrogen-bond acceptors (Lipinski definition) is 2. The van der Waals surface area contributed by atoms with Gasteiger partial charge in [0.1, 0.15) is 0 Å². The third-order valence-corrected chi connectivity index (χ3v) is 3.32. The average molecular weight is 154 g/mol. The first-order chi connectivity index (χ1) is 5.29. The molecule has 2 atom stereocenters. The van der Waals surface area contributed by atoms with Gasteiger partial charge in [0.2, 0.25) is 0 Å². The Morgan fingerprint density at radius 2 is 2.09 bits per heavy atom.